The molecular weight excluding hydrogens is 1080 g/mol. The largest absolute Gasteiger partial charge is 0.545 e. The molecule has 0 aromatic heterocycles. The van der Waals surface area contributed by atoms with Crippen molar-refractivity contribution in [2.24, 2.45) is 0 Å². The van der Waals surface area contributed by atoms with Crippen LogP contribution in [0.25, 0.3) is 0 Å². The van der Waals surface area contributed by atoms with Gasteiger partial charge in [0.1, 0.15) is 13.2 Å². The number of carboxylic acids is 1. The molecular formula is C78H129NO8. The Balaban J connectivity index is 4.13. The number of quaternary nitrogens is 1. The fourth-order valence-corrected chi connectivity index (χ4v) is 9.31. The van der Waals surface area contributed by atoms with Gasteiger partial charge in [-0.3, -0.25) is 9.59 Å². The summed E-state index contributed by atoms with van der Waals surface area (Å²) in [6, 6.07) is 0. The Kier molecular flexibility index (Phi) is 63.4. The molecule has 2 unspecified atom stereocenters. The van der Waals surface area contributed by atoms with Crippen LogP contribution in [-0.2, 0) is 33.3 Å². The number of rotatable bonds is 63. The van der Waals surface area contributed by atoms with E-state index in [1.807, 2.05) is 21.1 Å². The lowest BCUT2D eigenvalue weighted by Gasteiger charge is -2.26. The van der Waals surface area contributed by atoms with Crippen LogP contribution in [-0.4, -0.2) is 82.3 Å². The van der Waals surface area contributed by atoms with Gasteiger partial charge in [0, 0.05) is 12.8 Å². The van der Waals surface area contributed by atoms with Crippen LogP contribution in [0.1, 0.15) is 271 Å². The quantitative estimate of drug-likeness (QED) is 0.0195. The third-order valence-corrected chi connectivity index (χ3v) is 14.6. The molecule has 9 heteroatoms. The van der Waals surface area contributed by atoms with Crippen molar-refractivity contribution in [3.05, 3.63) is 146 Å². The second-order valence-electron chi connectivity index (χ2n) is 24.1. The molecule has 0 N–H and O–H groups in total. The van der Waals surface area contributed by atoms with E-state index in [0.29, 0.717) is 17.4 Å². The third kappa shape index (κ3) is 68.5. The van der Waals surface area contributed by atoms with E-state index in [0.717, 1.165) is 141 Å². The maximum Gasteiger partial charge on any atom is 0.306 e. The van der Waals surface area contributed by atoms with Gasteiger partial charge < -0.3 is 33.3 Å². The van der Waals surface area contributed by atoms with Crippen LogP contribution in [0.3, 0.4) is 0 Å². The lowest BCUT2D eigenvalue weighted by atomic mass is 10.0. The van der Waals surface area contributed by atoms with Crippen molar-refractivity contribution in [3.8, 4) is 0 Å². The number of nitrogens with zero attached hydrogens (tertiary/aromatic N) is 1. The molecule has 0 rings (SSSR count). The first-order valence-corrected chi connectivity index (χ1v) is 35.0. The van der Waals surface area contributed by atoms with Gasteiger partial charge >= 0.3 is 11.9 Å². The lowest BCUT2D eigenvalue weighted by Crippen LogP contribution is -2.44. The maximum absolute atomic E-state index is 12.9. The summed E-state index contributed by atoms with van der Waals surface area (Å²) in [5.74, 6) is -2.31. The molecule has 0 fully saturated rings. The first-order valence-electron chi connectivity index (χ1n) is 35.0. The summed E-state index contributed by atoms with van der Waals surface area (Å²) in [5.41, 5.74) is 0. The third-order valence-electron chi connectivity index (χ3n) is 14.6. The zero-order chi connectivity index (χ0) is 63.3. The number of carbonyl (C=O) groups excluding carboxylic acids is 3. The molecule has 2 atom stereocenters. The first kappa shape index (κ1) is 82.2. The molecule has 87 heavy (non-hydrogen) atoms. The summed E-state index contributed by atoms with van der Waals surface area (Å²) in [4.78, 5) is 37.5. The van der Waals surface area contributed by atoms with Gasteiger partial charge in [-0.05, 0) is 116 Å². The van der Waals surface area contributed by atoms with Crippen LogP contribution in [0, 0.1) is 0 Å². The van der Waals surface area contributed by atoms with E-state index < -0.39 is 24.3 Å². The maximum atomic E-state index is 12.9. The Morgan fingerprint density at radius 2 is 0.621 bits per heavy atom. The number of carbonyl (C=O) groups is 3. The highest BCUT2D eigenvalue weighted by Crippen LogP contribution is 2.17. The average Bonchev–Trinajstić information content (AvgIpc) is 3.57. The molecule has 0 aromatic rings. The van der Waals surface area contributed by atoms with Crippen LogP contribution >= 0.6 is 0 Å². The molecule has 0 saturated heterocycles. The van der Waals surface area contributed by atoms with Crippen LogP contribution in [0.5, 0.6) is 0 Å². The second kappa shape index (κ2) is 67.1. The summed E-state index contributed by atoms with van der Waals surface area (Å²) in [7, 11) is 5.92. The number of esters is 2. The van der Waals surface area contributed by atoms with E-state index in [9.17, 15) is 19.5 Å². The molecule has 0 amide bonds. The smallest absolute Gasteiger partial charge is 0.306 e. The minimum absolute atomic E-state index is 0.139. The predicted octanol–water partition coefficient (Wildman–Crippen LogP) is 20.6. The van der Waals surface area contributed by atoms with Gasteiger partial charge in [0.05, 0.1) is 40.3 Å². The van der Waals surface area contributed by atoms with Gasteiger partial charge in [0.15, 0.2) is 12.4 Å². The van der Waals surface area contributed by atoms with E-state index in [1.54, 1.807) is 0 Å². The number of likely N-dealkylation sites (N-methyl/N-ethyl adjacent to an activating group) is 1. The Morgan fingerprint density at radius 1 is 0.345 bits per heavy atom. The van der Waals surface area contributed by atoms with E-state index in [-0.39, 0.29) is 38.6 Å². The highest BCUT2D eigenvalue weighted by molar-refractivity contribution is 5.70. The fraction of sp³-hybridized carbons (Fsp3) is 0.654. The van der Waals surface area contributed by atoms with Crippen molar-refractivity contribution in [3.63, 3.8) is 0 Å². The molecule has 0 aliphatic rings. The number of hydrogen-bond donors (Lipinski definition) is 0. The Labute approximate surface area is 534 Å². The van der Waals surface area contributed by atoms with Crippen LogP contribution < -0.4 is 5.11 Å². The van der Waals surface area contributed by atoms with Crippen molar-refractivity contribution in [2.75, 3.05) is 47.5 Å². The summed E-state index contributed by atoms with van der Waals surface area (Å²) in [5, 5.41) is 11.8. The minimum Gasteiger partial charge on any atom is -0.545 e. The topological polar surface area (TPSA) is 111 Å². The summed E-state index contributed by atoms with van der Waals surface area (Å²) in [6.45, 7) is 4.51. The van der Waals surface area contributed by atoms with E-state index in [4.69, 9.17) is 18.9 Å². The molecule has 0 radical (unpaired) electrons. The fourth-order valence-electron chi connectivity index (χ4n) is 9.31. The van der Waals surface area contributed by atoms with Gasteiger partial charge in [0.25, 0.3) is 0 Å². The number of unbranched alkanes of at least 4 members (excludes halogenated alkanes) is 24. The van der Waals surface area contributed by atoms with Crippen LogP contribution in [0.4, 0.5) is 0 Å². The number of carboxylic acid groups (broad SMARTS) is 1. The molecule has 0 saturated carbocycles. The van der Waals surface area contributed by atoms with E-state index in [1.165, 1.54) is 96.3 Å². The molecule has 494 valence electrons. The molecule has 0 aliphatic carbocycles. The Bertz CT molecular complexity index is 1940. The summed E-state index contributed by atoms with van der Waals surface area (Å²) >= 11 is 0. The highest BCUT2D eigenvalue weighted by Gasteiger charge is 2.22. The zero-order valence-electron chi connectivity index (χ0n) is 56.3. The van der Waals surface area contributed by atoms with Gasteiger partial charge in [-0.1, -0.05) is 288 Å². The Hall–Kier alpha value is -4.83. The molecule has 0 bridgehead atoms. The van der Waals surface area contributed by atoms with Gasteiger partial charge in [-0.25, -0.2) is 0 Å². The Morgan fingerprint density at radius 3 is 0.920 bits per heavy atom. The number of allylic oxidation sites excluding steroid dienone is 24. The van der Waals surface area contributed by atoms with Crippen molar-refractivity contribution >= 4 is 17.9 Å². The van der Waals surface area contributed by atoms with Crippen molar-refractivity contribution in [1.29, 1.82) is 0 Å². The van der Waals surface area contributed by atoms with Crippen molar-refractivity contribution < 1.29 is 42.9 Å². The van der Waals surface area contributed by atoms with E-state index in [2.05, 4.69) is 160 Å². The van der Waals surface area contributed by atoms with Crippen molar-refractivity contribution in [1.82, 2.24) is 0 Å². The summed E-state index contributed by atoms with van der Waals surface area (Å²) < 4.78 is 22.8. The first-order chi connectivity index (χ1) is 42.6. The molecule has 0 aromatic carbocycles. The summed E-state index contributed by atoms with van der Waals surface area (Å²) in [6.07, 6.45) is 95.0. The molecule has 0 heterocycles. The highest BCUT2D eigenvalue weighted by atomic mass is 16.7. The predicted molar refractivity (Wildman–Crippen MR) is 370 cm³/mol. The standard InChI is InChI=1S/C78H129NO8/c1-6-8-10-12-14-16-18-20-22-24-26-28-30-32-33-34-35-36-37-38-39-40-41-42-43-45-47-49-51-53-55-57-59-61-63-65-67-69-76(81)87-74(73-86-78(77(82)83)84-71-70-79(3,4)5)72-85-75(80)68-66-64-62-60-58-56-54-52-50-48-46-44-31-29-27-25-23-21-19-17-15-13-11-9-7-2/h8-11,14-17,20-23,26-29,32-33,35-36,44,46,50,52,74,78H,6-7,12-13,18-19,24-25,30-31,34,37-43,45,47-49,51,53-73H2,1-5H3/b10-8-,11-9-,16-14-,17-15-,22-20-,23-21-,28-26-,29-27-,33-32-,36-35-,46-44-,52-50-. The van der Waals surface area contributed by atoms with Crippen LogP contribution in [0.2, 0.25) is 0 Å². The average molecular weight is 1210 g/mol. The minimum atomic E-state index is -1.63. The molecule has 9 nitrogen and oxygen atoms in total. The SMILES string of the molecule is CC/C=C\C/C=C\C/C=C\C/C=C\C/C=C\C/C=C\CCCCCCCCCCCCCCCCCCCCC(=O)OC(COC(=O)CCCCCCCC/C=C\C/C=C\C/C=C\C/C=C\C/C=C\C/C=C\CC)COC(OCC[N+](C)(C)C)C(=O)[O-]. The van der Waals surface area contributed by atoms with Gasteiger partial charge in [-0.15, -0.1) is 0 Å². The monoisotopic (exact) mass is 1210 g/mol. The van der Waals surface area contributed by atoms with E-state index >= 15 is 0 Å². The zero-order valence-corrected chi connectivity index (χ0v) is 56.3. The molecule has 0 aliphatic heterocycles. The second-order valence-corrected chi connectivity index (χ2v) is 24.1. The lowest BCUT2D eigenvalue weighted by molar-refractivity contribution is -0.870. The number of ether oxygens (including phenoxy) is 4. The van der Waals surface area contributed by atoms with Gasteiger partial charge in [-0.2, -0.15) is 0 Å². The normalized spacial score (nSPS) is 13.6. The molecule has 0 spiro atoms. The number of hydrogen-bond acceptors (Lipinski definition) is 8. The van der Waals surface area contributed by atoms with Crippen LogP contribution in [0.15, 0.2) is 146 Å². The van der Waals surface area contributed by atoms with Crippen molar-refractivity contribution in [2.45, 2.75) is 283 Å². The number of aliphatic carboxylic acids is 1. The van der Waals surface area contributed by atoms with Gasteiger partial charge in [0.2, 0.25) is 0 Å².